The van der Waals surface area contributed by atoms with Crippen molar-refractivity contribution in [2.75, 3.05) is 26.2 Å². The highest BCUT2D eigenvalue weighted by molar-refractivity contribution is 5.89. The largest absolute Gasteiger partial charge is 0.378 e. The number of hydrogen-bond donors (Lipinski definition) is 0. The summed E-state index contributed by atoms with van der Waals surface area (Å²) in [5.41, 5.74) is 0.284. The van der Waals surface area contributed by atoms with E-state index in [2.05, 4.69) is 13.8 Å². The van der Waals surface area contributed by atoms with Gasteiger partial charge in [0.05, 0.1) is 6.10 Å². The molecule has 3 rings (SSSR count). The van der Waals surface area contributed by atoms with Gasteiger partial charge in [-0.25, -0.2) is 0 Å². The SMILES string of the molecule is CCOC1CC2(CCN(C(=O)C(C(C)C)N3CCCC3=O)C2)C1. The van der Waals surface area contributed by atoms with Crippen LogP contribution in [-0.4, -0.2) is 60.0 Å². The van der Waals surface area contributed by atoms with Crippen molar-refractivity contribution >= 4 is 11.8 Å². The van der Waals surface area contributed by atoms with Crippen molar-refractivity contribution in [1.29, 1.82) is 0 Å². The summed E-state index contributed by atoms with van der Waals surface area (Å²) in [5, 5.41) is 0. The first-order valence-corrected chi connectivity index (χ1v) is 9.15. The third-order valence-electron chi connectivity index (χ3n) is 5.80. The summed E-state index contributed by atoms with van der Waals surface area (Å²) in [5.74, 6) is 0.469. The van der Waals surface area contributed by atoms with Gasteiger partial charge in [0.2, 0.25) is 11.8 Å². The van der Waals surface area contributed by atoms with E-state index in [1.807, 2.05) is 16.7 Å². The smallest absolute Gasteiger partial charge is 0.245 e. The van der Waals surface area contributed by atoms with Gasteiger partial charge in [-0.15, -0.1) is 0 Å². The Hall–Kier alpha value is -1.10. The van der Waals surface area contributed by atoms with Crippen LogP contribution < -0.4 is 0 Å². The number of ether oxygens (including phenoxy) is 1. The maximum absolute atomic E-state index is 13.1. The monoisotopic (exact) mass is 322 g/mol. The van der Waals surface area contributed by atoms with Gasteiger partial charge in [0.15, 0.2) is 0 Å². The first-order chi connectivity index (χ1) is 11.0. The maximum Gasteiger partial charge on any atom is 0.245 e. The number of rotatable bonds is 5. The Labute approximate surface area is 139 Å². The van der Waals surface area contributed by atoms with E-state index >= 15 is 0 Å². The van der Waals surface area contributed by atoms with Crippen LogP contribution in [-0.2, 0) is 14.3 Å². The lowest BCUT2D eigenvalue weighted by Crippen LogP contribution is -2.52. The van der Waals surface area contributed by atoms with E-state index < -0.39 is 0 Å². The average molecular weight is 322 g/mol. The molecule has 5 heteroatoms. The van der Waals surface area contributed by atoms with Gasteiger partial charge in [-0.2, -0.15) is 0 Å². The van der Waals surface area contributed by atoms with Crippen LogP contribution in [0.3, 0.4) is 0 Å². The standard InChI is InChI=1S/C18H30N2O3/c1-4-23-14-10-18(11-14)7-9-19(12-18)17(22)16(13(2)3)20-8-5-6-15(20)21/h13-14,16H,4-12H2,1-3H3. The van der Waals surface area contributed by atoms with Gasteiger partial charge >= 0.3 is 0 Å². The van der Waals surface area contributed by atoms with Crippen LogP contribution in [0, 0.1) is 11.3 Å². The number of amides is 2. The summed E-state index contributed by atoms with van der Waals surface area (Å²) in [7, 11) is 0. The molecule has 2 saturated heterocycles. The van der Waals surface area contributed by atoms with Crippen molar-refractivity contribution in [1.82, 2.24) is 9.80 Å². The normalized spacial score (nSPS) is 32.0. The van der Waals surface area contributed by atoms with E-state index in [0.29, 0.717) is 12.5 Å². The number of nitrogens with zero attached hydrogens (tertiary/aromatic N) is 2. The Morgan fingerprint density at radius 2 is 2.09 bits per heavy atom. The second kappa shape index (κ2) is 6.42. The van der Waals surface area contributed by atoms with Crippen molar-refractivity contribution in [2.45, 2.75) is 65.0 Å². The van der Waals surface area contributed by atoms with Gasteiger partial charge < -0.3 is 14.5 Å². The van der Waals surface area contributed by atoms with Crippen molar-refractivity contribution < 1.29 is 14.3 Å². The molecule has 2 heterocycles. The van der Waals surface area contributed by atoms with Gasteiger partial charge in [-0.3, -0.25) is 9.59 Å². The molecule has 0 aromatic rings. The fraction of sp³-hybridized carbons (Fsp3) is 0.889. The fourth-order valence-electron chi connectivity index (χ4n) is 4.64. The summed E-state index contributed by atoms with van der Waals surface area (Å²) >= 11 is 0. The molecule has 0 bridgehead atoms. The van der Waals surface area contributed by atoms with Crippen LogP contribution >= 0.6 is 0 Å². The molecule has 2 amide bonds. The van der Waals surface area contributed by atoms with Crippen LogP contribution in [0.2, 0.25) is 0 Å². The zero-order chi connectivity index (χ0) is 16.6. The molecule has 5 nitrogen and oxygen atoms in total. The van der Waals surface area contributed by atoms with Gasteiger partial charge in [0.1, 0.15) is 6.04 Å². The van der Waals surface area contributed by atoms with Crippen molar-refractivity contribution in [3.63, 3.8) is 0 Å². The molecule has 1 spiro atoms. The van der Waals surface area contributed by atoms with E-state index in [-0.39, 0.29) is 29.2 Å². The first kappa shape index (κ1) is 16.7. The van der Waals surface area contributed by atoms with E-state index in [1.165, 1.54) is 0 Å². The minimum absolute atomic E-state index is 0.144. The molecule has 0 aromatic heterocycles. The molecule has 0 radical (unpaired) electrons. The Balaban J connectivity index is 1.62. The molecule has 130 valence electrons. The van der Waals surface area contributed by atoms with E-state index in [1.54, 1.807) is 0 Å². The summed E-state index contributed by atoms with van der Waals surface area (Å²) in [6, 6.07) is -0.275. The minimum atomic E-state index is -0.275. The van der Waals surface area contributed by atoms with E-state index in [9.17, 15) is 9.59 Å². The third-order valence-corrected chi connectivity index (χ3v) is 5.80. The Morgan fingerprint density at radius 3 is 2.65 bits per heavy atom. The van der Waals surface area contributed by atoms with Crippen molar-refractivity contribution in [3.8, 4) is 0 Å². The summed E-state index contributed by atoms with van der Waals surface area (Å²) in [4.78, 5) is 29.0. The Morgan fingerprint density at radius 1 is 1.35 bits per heavy atom. The average Bonchev–Trinajstić information content (AvgIpc) is 3.06. The first-order valence-electron chi connectivity index (χ1n) is 9.15. The Bertz CT molecular complexity index is 471. The molecule has 1 aliphatic carbocycles. The van der Waals surface area contributed by atoms with Crippen LogP contribution in [0.5, 0.6) is 0 Å². The second-order valence-electron chi connectivity index (χ2n) is 7.87. The lowest BCUT2D eigenvalue weighted by molar-refractivity contribution is -0.145. The van der Waals surface area contributed by atoms with Gasteiger partial charge in [-0.1, -0.05) is 13.8 Å². The minimum Gasteiger partial charge on any atom is -0.378 e. The van der Waals surface area contributed by atoms with E-state index in [0.717, 1.165) is 51.9 Å². The van der Waals surface area contributed by atoms with Crippen molar-refractivity contribution in [3.05, 3.63) is 0 Å². The number of carbonyl (C=O) groups is 2. The van der Waals surface area contributed by atoms with Gasteiger partial charge in [0.25, 0.3) is 0 Å². The predicted molar refractivity (Wildman–Crippen MR) is 87.9 cm³/mol. The molecular formula is C18H30N2O3. The van der Waals surface area contributed by atoms with Crippen LogP contribution in [0.25, 0.3) is 0 Å². The fourth-order valence-corrected chi connectivity index (χ4v) is 4.64. The molecule has 1 atom stereocenters. The second-order valence-corrected chi connectivity index (χ2v) is 7.87. The van der Waals surface area contributed by atoms with E-state index in [4.69, 9.17) is 4.74 Å². The maximum atomic E-state index is 13.1. The quantitative estimate of drug-likeness (QED) is 0.778. The lowest BCUT2D eigenvalue weighted by Gasteiger charge is -2.45. The topological polar surface area (TPSA) is 49.9 Å². The highest BCUT2D eigenvalue weighted by atomic mass is 16.5. The zero-order valence-corrected chi connectivity index (χ0v) is 14.7. The molecule has 1 unspecified atom stereocenters. The molecule has 2 aliphatic heterocycles. The zero-order valence-electron chi connectivity index (χ0n) is 14.7. The lowest BCUT2D eigenvalue weighted by atomic mass is 9.66. The molecule has 0 N–H and O–H groups in total. The Kier molecular flexibility index (Phi) is 4.68. The summed E-state index contributed by atoms with van der Waals surface area (Å²) in [6.45, 7) is 9.33. The predicted octanol–water partition coefficient (Wildman–Crippen LogP) is 2.05. The summed E-state index contributed by atoms with van der Waals surface area (Å²) in [6.07, 6.45) is 5.11. The molecule has 23 heavy (non-hydrogen) atoms. The third kappa shape index (κ3) is 3.12. The van der Waals surface area contributed by atoms with Crippen LogP contribution in [0.4, 0.5) is 0 Å². The molecule has 3 aliphatic rings. The summed E-state index contributed by atoms with van der Waals surface area (Å²) < 4.78 is 5.68. The highest BCUT2D eigenvalue weighted by Gasteiger charge is 2.51. The van der Waals surface area contributed by atoms with Crippen molar-refractivity contribution in [2.24, 2.45) is 11.3 Å². The number of hydrogen-bond acceptors (Lipinski definition) is 3. The molecule has 0 aromatic carbocycles. The number of likely N-dealkylation sites (tertiary alicyclic amines) is 2. The number of carbonyl (C=O) groups excluding carboxylic acids is 2. The van der Waals surface area contributed by atoms with Crippen LogP contribution in [0.1, 0.15) is 52.9 Å². The molecule has 3 fully saturated rings. The van der Waals surface area contributed by atoms with Gasteiger partial charge in [0, 0.05) is 32.7 Å². The van der Waals surface area contributed by atoms with Crippen LogP contribution in [0.15, 0.2) is 0 Å². The highest BCUT2D eigenvalue weighted by Crippen LogP contribution is 2.49. The molecule has 1 saturated carbocycles. The molecular weight excluding hydrogens is 292 g/mol. The van der Waals surface area contributed by atoms with Gasteiger partial charge in [-0.05, 0) is 43.9 Å².